The van der Waals surface area contributed by atoms with E-state index in [1.54, 1.807) is 12.1 Å². The number of rotatable bonds is 4. The Morgan fingerprint density at radius 2 is 1.72 bits per heavy atom. The number of benzene rings is 2. The van der Waals surface area contributed by atoms with Gasteiger partial charge in [-0.3, -0.25) is 4.57 Å². The molecule has 0 aliphatic heterocycles. The average Bonchev–Trinajstić information content (AvgIpc) is 3.36. The summed E-state index contributed by atoms with van der Waals surface area (Å²) in [6.45, 7) is 0. The molecule has 0 radical (unpaired) electrons. The summed E-state index contributed by atoms with van der Waals surface area (Å²) in [4.78, 5) is 0. The zero-order chi connectivity index (χ0) is 19.8. The van der Waals surface area contributed by atoms with E-state index in [0.29, 0.717) is 21.7 Å². The molecule has 2 aromatic carbocycles. The second kappa shape index (κ2) is 7.02. The summed E-state index contributed by atoms with van der Waals surface area (Å²) in [5.74, 6) is -0.976. The molecular formula is C18H10F2N8S. The molecule has 0 spiro atoms. The van der Waals surface area contributed by atoms with Gasteiger partial charge in [0.25, 0.3) is 0 Å². The molecule has 5 rings (SSSR count). The number of fused-ring (bicyclic) bond motifs is 1. The van der Waals surface area contributed by atoms with Crippen LogP contribution in [0.4, 0.5) is 8.78 Å². The van der Waals surface area contributed by atoms with Crippen molar-refractivity contribution in [1.82, 2.24) is 40.0 Å². The molecule has 0 aliphatic rings. The third-order valence-electron chi connectivity index (χ3n) is 4.06. The van der Waals surface area contributed by atoms with Crippen molar-refractivity contribution in [1.29, 1.82) is 0 Å². The normalized spacial score (nSPS) is 11.2. The highest BCUT2D eigenvalue weighted by Crippen LogP contribution is 2.32. The van der Waals surface area contributed by atoms with Crippen LogP contribution in [0.1, 0.15) is 0 Å². The lowest BCUT2D eigenvalue weighted by Crippen LogP contribution is -2.03. The molecule has 11 heteroatoms. The van der Waals surface area contributed by atoms with Gasteiger partial charge in [0.15, 0.2) is 11.5 Å². The van der Waals surface area contributed by atoms with E-state index in [1.807, 2.05) is 30.3 Å². The molecule has 0 N–H and O–H groups in total. The van der Waals surface area contributed by atoms with Crippen molar-refractivity contribution in [2.45, 2.75) is 10.2 Å². The largest absolute Gasteiger partial charge is 0.267 e. The van der Waals surface area contributed by atoms with E-state index in [2.05, 4.69) is 30.8 Å². The highest BCUT2D eigenvalue weighted by molar-refractivity contribution is 7.99. The van der Waals surface area contributed by atoms with Gasteiger partial charge in [-0.05, 0) is 46.5 Å². The summed E-state index contributed by atoms with van der Waals surface area (Å²) in [7, 11) is 0. The van der Waals surface area contributed by atoms with Gasteiger partial charge in [-0.1, -0.05) is 30.3 Å². The third-order valence-corrected chi connectivity index (χ3v) is 4.93. The molecule has 0 saturated carbocycles. The van der Waals surface area contributed by atoms with Crippen molar-refractivity contribution < 1.29 is 8.78 Å². The quantitative estimate of drug-likeness (QED) is 0.451. The van der Waals surface area contributed by atoms with Crippen LogP contribution in [0.15, 0.2) is 70.8 Å². The second-order valence-electron chi connectivity index (χ2n) is 5.90. The van der Waals surface area contributed by atoms with E-state index < -0.39 is 11.6 Å². The molecular weight excluding hydrogens is 398 g/mol. The van der Waals surface area contributed by atoms with Crippen molar-refractivity contribution in [2.75, 3.05) is 0 Å². The number of nitrogens with zero attached hydrogens (tertiary/aromatic N) is 8. The predicted molar refractivity (Wildman–Crippen MR) is 99.4 cm³/mol. The monoisotopic (exact) mass is 408 g/mol. The smallest absolute Gasteiger partial charge is 0.202 e. The van der Waals surface area contributed by atoms with Gasteiger partial charge in [0, 0.05) is 11.6 Å². The van der Waals surface area contributed by atoms with Crippen molar-refractivity contribution in [2.24, 2.45) is 0 Å². The molecule has 0 amide bonds. The maximum atomic E-state index is 14.6. The first kappa shape index (κ1) is 17.4. The fourth-order valence-electron chi connectivity index (χ4n) is 2.77. The summed E-state index contributed by atoms with van der Waals surface area (Å²) < 4.78 is 30.9. The first-order valence-electron chi connectivity index (χ1n) is 8.38. The molecule has 0 aliphatic carbocycles. The zero-order valence-electron chi connectivity index (χ0n) is 14.5. The minimum atomic E-state index is -0.729. The molecule has 0 fully saturated rings. The molecule has 0 saturated heterocycles. The molecule has 0 atom stereocenters. The van der Waals surface area contributed by atoms with Crippen LogP contribution in [0.2, 0.25) is 0 Å². The Kier molecular flexibility index (Phi) is 4.21. The lowest BCUT2D eigenvalue weighted by Gasteiger charge is -2.11. The maximum absolute atomic E-state index is 14.6. The number of hydrogen-bond donors (Lipinski definition) is 0. The van der Waals surface area contributed by atoms with Gasteiger partial charge >= 0.3 is 0 Å². The average molecular weight is 408 g/mol. The van der Waals surface area contributed by atoms with Crippen molar-refractivity contribution in [3.8, 4) is 17.1 Å². The number of hydrogen-bond acceptors (Lipinski definition) is 7. The van der Waals surface area contributed by atoms with Crippen LogP contribution < -0.4 is 0 Å². The standard InChI is InChI=1S/C18H10F2N8S/c19-12-6-7-14(13(20)10-12)27-17(11-4-2-1-3-5-11)22-23-18(27)29-16-9-8-15-21-25-26-28(15)24-16/h1-10H. The SMILES string of the molecule is Fc1ccc(-n2c(Sc3ccc4nnnn4n3)nnc2-c2ccccc2)c(F)c1. The number of tetrazole rings is 1. The molecule has 0 unspecified atom stereocenters. The Labute approximate surface area is 166 Å². The first-order chi connectivity index (χ1) is 14.2. The Bertz CT molecular complexity index is 1320. The molecule has 142 valence electrons. The van der Waals surface area contributed by atoms with Crippen LogP contribution in [0.5, 0.6) is 0 Å². The highest BCUT2D eigenvalue weighted by Gasteiger charge is 2.20. The van der Waals surface area contributed by atoms with Crippen LogP contribution in [-0.2, 0) is 0 Å². The minimum Gasteiger partial charge on any atom is -0.267 e. The van der Waals surface area contributed by atoms with Gasteiger partial charge in [-0.15, -0.1) is 25.0 Å². The number of halogens is 2. The molecule has 5 aromatic rings. The van der Waals surface area contributed by atoms with E-state index >= 15 is 0 Å². The fraction of sp³-hybridized carbons (Fsp3) is 0. The lowest BCUT2D eigenvalue weighted by molar-refractivity contribution is 0.575. The van der Waals surface area contributed by atoms with E-state index in [4.69, 9.17) is 0 Å². The molecule has 29 heavy (non-hydrogen) atoms. The van der Waals surface area contributed by atoms with E-state index in [-0.39, 0.29) is 5.69 Å². The maximum Gasteiger partial charge on any atom is 0.202 e. The van der Waals surface area contributed by atoms with E-state index in [1.165, 1.54) is 21.3 Å². The van der Waals surface area contributed by atoms with Crippen LogP contribution >= 0.6 is 11.8 Å². The van der Waals surface area contributed by atoms with Crippen molar-refractivity contribution >= 4 is 17.4 Å². The van der Waals surface area contributed by atoms with E-state index in [0.717, 1.165) is 23.4 Å². The highest BCUT2D eigenvalue weighted by atomic mass is 32.2. The van der Waals surface area contributed by atoms with Crippen LogP contribution in [-0.4, -0.2) is 40.0 Å². The zero-order valence-corrected chi connectivity index (χ0v) is 15.3. The minimum absolute atomic E-state index is 0.126. The topological polar surface area (TPSA) is 86.7 Å². The van der Waals surface area contributed by atoms with Crippen molar-refractivity contribution in [3.05, 3.63) is 72.3 Å². The summed E-state index contributed by atoms with van der Waals surface area (Å²) in [5, 5.41) is 24.7. The van der Waals surface area contributed by atoms with Crippen molar-refractivity contribution in [3.63, 3.8) is 0 Å². The summed E-state index contributed by atoms with van der Waals surface area (Å²) in [5.41, 5.74) is 1.35. The summed E-state index contributed by atoms with van der Waals surface area (Å²) in [6, 6.07) is 16.0. The molecule has 3 aromatic heterocycles. The Balaban J connectivity index is 1.66. The van der Waals surface area contributed by atoms with Gasteiger partial charge in [0.2, 0.25) is 5.16 Å². The molecule has 3 heterocycles. The van der Waals surface area contributed by atoms with Gasteiger partial charge in [-0.25, -0.2) is 8.78 Å². The van der Waals surface area contributed by atoms with Gasteiger partial charge < -0.3 is 0 Å². The first-order valence-corrected chi connectivity index (χ1v) is 9.20. The summed E-state index contributed by atoms with van der Waals surface area (Å²) in [6.07, 6.45) is 0. The Morgan fingerprint density at radius 1 is 0.862 bits per heavy atom. The van der Waals surface area contributed by atoms with Crippen LogP contribution in [0, 0.1) is 11.6 Å². The van der Waals surface area contributed by atoms with E-state index in [9.17, 15) is 8.78 Å². The predicted octanol–water partition coefficient (Wildman–Crippen LogP) is 3.20. The van der Waals surface area contributed by atoms with Gasteiger partial charge in [0.1, 0.15) is 16.7 Å². The second-order valence-corrected chi connectivity index (χ2v) is 6.89. The van der Waals surface area contributed by atoms with Gasteiger partial charge in [-0.2, -0.15) is 0 Å². The third kappa shape index (κ3) is 3.21. The Hall–Kier alpha value is -3.73. The Morgan fingerprint density at radius 3 is 2.55 bits per heavy atom. The lowest BCUT2D eigenvalue weighted by atomic mass is 10.2. The summed E-state index contributed by atoms with van der Waals surface area (Å²) >= 11 is 1.16. The number of aromatic nitrogens is 8. The van der Waals surface area contributed by atoms with Crippen LogP contribution in [0.3, 0.4) is 0 Å². The van der Waals surface area contributed by atoms with Gasteiger partial charge in [0.05, 0.1) is 5.69 Å². The fourth-order valence-corrected chi connectivity index (χ4v) is 3.57. The van der Waals surface area contributed by atoms with Crippen LogP contribution in [0.25, 0.3) is 22.7 Å². The molecule has 0 bridgehead atoms. The molecule has 8 nitrogen and oxygen atoms in total.